The van der Waals surface area contributed by atoms with Crippen molar-refractivity contribution < 1.29 is 9.90 Å². The molecule has 4 nitrogen and oxygen atoms in total. The van der Waals surface area contributed by atoms with E-state index in [9.17, 15) is 4.79 Å². The van der Waals surface area contributed by atoms with E-state index in [1.165, 1.54) is 0 Å². The summed E-state index contributed by atoms with van der Waals surface area (Å²) in [5.41, 5.74) is 2.40. The zero-order valence-electron chi connectivity index (χ0n) is 10.8. The summed E-state index contributed by atoms with van der Waals surface area (Å²) in [6.45, 7) is 0.433. The molecule has 0 aliphatic carbocycles. The molecule has 1 amide bonds. The molecule has 2 aromatic carbocycles. The van der Waals surface area contributed by atoms with Crippen molar-refractivity contribution in [1.82, 2.24) is 5.32 Å². The molecule has 2 aromatic rings. The monoisotopic (exact) mass is 266 g/mol. The summed E-state index contributed by atoms with van der Waals surface area (Å²) in [6.07, 6.45) is 0.274. The van der Waals surface area contributed by atoms with Crippen molar-refractivity contribution in [2.24, 2.45) is 0 Å². The number of rotatable bonds is 4. The van der Waals surface area contributed by atoms with Crippen molar-refractivity contribution in [1.29, 1.82) is 5.26 Å². The van der Waals surface area contributed by atoms with Crippen LogP contribution in [0.1, 0.15) is 16.7 Å². The third-order valence-electron chi connectivity index (χ3n) is 2.87. The minimum Gasteiger partial charge on any atom is -0.508 e. The van der Waals surface area contributed by atoms with Crippen molar-refractivity contribution >= 4 is 5.91 Å². The molecule has 0 bridgehead atoms. The largest absolute Gasteiger partial charge is 0.508 e. The minimum absolute atomic E-state index is 0.0833. The number of phenolic OH excluding ortho intramolecular Hbond substituents is 1. The summed E-state index contributed by atoms with van der Waals surface area (Å²) in [5, 5.41) is 20.7. The van der Waals surface area contributed by atoms with E-state index in [-0.39, 0.29) is 18.1 Å². The lowest BCUT2D eigenvalue weighted by Gasteiger charge is -2.06. The summed E-state index contributed by atoms with van der Waals surface area (Å²) in [4.78, 5) is 11.8. The highest BCUT2D eigenvalue weighted by molar-refractivity contribution is 5.78. The van der Waals surface area contributed by atoms with E-state index in [2.05, 4.69) is 5.32 Å². The lowest BCUT2D eigenvalue weighted by atomic mass is 10.1. The Morgan fingerprint density at radius 3 is 2.25 bits per heavy atom. The van der Waals surface area contributed by atoms with Gasteiger partial charge in [0.15, 0.2) is 0 Å². The normalized spacial score (nSPS) is 9.75. The van der Waals surface area contributed by atoms with Gasteiger partial charge in [-0.15, -0.1) is 0 Å². The van der Waals surface area contributed by atoms with Crippen LogP contribution < -0.4 is 5.32 Å². The molecular formula is C16H14N2O2. The van der Waals surface area contributed by atoms with Gasteiger partial charge in [0, 0.05) is 6.54 Å². The van der Waals surface area contributed by atoms with Gasteiger partial charge in [-0.2, -0.15) is 5.26 Å². The number of phenols is 1. The van der Waals surface area contributed by atoms with Gasteiger partial charge in [-0.3, -0.25) is 4.79 Å². The fraction of sp³-hybridized carbons (Fsp3) is 0.125. The van der Waals surface area contributed by atoms with Crippen LogP contribution in [0.4, 0.5) is 0 Å². The van der Waals surface area contributed by atoms with Gasteiger partial charge < -0.3 is 10.4 Å². The van der Waals surface area contributed by atoms with Crippen LogP contribution >= 0.6 is 0 Å². The number of nitrogens with zero attached hydrogens (tertiary/aromatic N) is 1. The van der Waals surface area contributed by atoms with Crippen molar-refractivity contribution in [2.75, 3.05) is 0 Å². The van der Waals surface area contributed by atoms with Gasteiger partial charge in [0.25, 0.3) is 0 Å². The smallest absolute Gasteiger partial charge is 0.224 e. The van der Waals surface area contributed by atoms with Crippen LogP contribution in [0.25, 0.3) is 0 Å². The number of aromatic hydroxyl groups is 1. The lowest BCUT2D eigenvalue weighted by molar-refractivity contribution is -0.120. The molecule has 0 spiro atoms. The Hall–Kier alpha value is -2.80. The molecule has 4 heteroatoms. The highest BCUT2D eigenvalue weighted by atomic mass is 16.3. The molecule has 0 unspecified atom stereocenters. The Morgan fingerprint density at radius 1 is 1.05 bits per heavy atom. The number of hydrogen-bond acceptors (Lipinski definition) is 3. The topological polar surface area (TPSA) is 73.1 Å². The average Bonchev–Trinajstić information content (AvgIpc) is 2.48. The van der Waals surface area contributed by atoms with E-state index in [1.807, 2.05) is 18.2 Å². The second kappa shape index (κ2) is 6.39. The Labute approximate surface area is 117 Å². The summed E-state index contributed by atoms with van der Waals surface area (Å²) >= 11 is 0. The van der Waals surface area contributed by atoms with Crippen LogP contribution in [-0.2, 0) is 17.8 Å². The van der Waals surface area contributed by atoms with E-state index in [0.717, 1.165) is 11.1 Å². The summed E-state index contributed by atoms with van der Waals surface area (Å²) in [5.74, 6) is 0.104. The first-order valence-electron chi connectivity index (χ1n) is 6.21. The molecule has 0 aliphatic rings. The number of nitriles is 1. The molecular weight excluding hydrogens is 252 g/mol. The van der Waals surface area contributed by atoms with Crippen LogP contribution in [0, 0.1) is 11.3 Å². The lowest BCUT2D eigenvalue weighted by Crippen LogP contribution is -2.24. The zero-order chi connectivity index (χ0) is 14.4. The SMILES string of the molecule is N#Cc1ccc(CNC(=O)Cc2ccc(O)cc2)cc1. The van der Waals surface area contributed by atoms with Gasteiger partial charge in [-0.1, -0.05) is 24.3 Å². The average molecular weight is 266 g/mol. The molecule has 0 saturated carbocycles. The standard InChI is InChI=1S/C16H14N2O2/c17-10-13-1-3-14(4-2-13)11-18-16(20)9-12-5-7-15(19)8-6-12/h1-8,19H,9,11H2,(H,18,20). The number of carbonyl (C=O) groups is 1. The summed E-state index contributed by atoms with van der Waals surface area (Å²) < 4.78 is 0. The maximum absolute atomic E-state index is 11.8. The number of benzene rings is 2. The van der Waals surface area contributed by atoms with Crippen molar-refractivity contribution in [3.05, 3.63) is 65.2 Å². The van der Waals surface area contributed by atoms with Crippen LogP contribution in [0.5, 0.6) is 5.75 Å². The molecule has 0 heterocycles. The highest BCUT2D eigenvalue weighted by Crippen LogP contribution is 2.10. The summed E-state index contributed by atoms with van der Waals surface area (Å²) in [7, 11) is 0. The van der Waals surface area contributed by atoms with Crippen LogP contribution in [0.3, 0.4) is 0 Å². The van der Waals surface area contributed by atoms with Gasteiger partial charge in [0.1, 0.15) is 5.75 Å². The van der Waals surface area contributed by atoms with Gasteiger partial charge in [-0.25, -0.2) is 0 Å². The Bertz CT molecular complexity index is 625. The zero-order valence-corrected chi connectivity index (χ0v) is 10.8. The van der Waals surface area contributed by atoms with Gasteiger partial charge in [-0.05, 0) is 35.4 Å². The van der Waals surface area contributed by atoms with Crippen LogP contribution in [0.2, 0.25) is 0 Å². The van der Waals surface area contributed by atoms with E-state index >= 15 is 0 Å². The fourth-order valence-corrected chi connectivity index (χ4v) is 1.76. The molecule has 2 N–H and O–H groups in total. The van der Waals surface area contributed by atoms with Gasteiger partial charge >= 0.3 is 0 Å². The molecule has 0 aliphatic heterocycles. The summed E-state index contributed by atoms with van der Waals surface area (Å²) in [6, 6.07) is 15.7. The molecule has 2 rings (SSSR count). The Kier molecular flexibility index (Phi) is 4.35. The van der Waals surface area contributed by atoms with Gasteiger partial charge in [0.05, 0.1) is 18.1 Å². The predicted molar refractivity (Wildman–Crippen MR) is 74.8 cm³/mol. The number of hydrogen-bond donors (Lipinski definition) is 2. The van der Waals surface area contributed by atoms with E-state index < -0.39 is 0 Å². The van der Waals surface area contributed by atoms with E-state index in [4.69, 9.17) is 10.4 Å². The first-order chi connectivity index (χ1) is 9.67. The first-order valence-corrected chi connectivity index (χ1v) is 6.21. The molecule has 100 valence electrons. The molecule has 0 saturated heterocycles. The molecule has 0 atom stereocenters. The highest BCUT2D eigenvalue weighted by Gasteiger charge is 2.03. The van der Waals surface area contributed by atoms with Crippen LogP contribution in [-0.4, -0.2) is 11.0 Å². The molecule has 0 radical (unpaired) electrons. The second-order valence-corrected chi connectivity index (χ2v) is 4.43. The predicted octanol–water partition coefficient (Wildman–Crippen LogP) is 2.12. The third-order valence-corrected chi connectivity index (χ3v) is 2.87. The quantitative estimate of drug-likeness (QED) is 0.890. The van der Waals surface area contributed by atoms with Crippen LogP contribution in [0.15, 0.2) is 48.5 Å². The third kappa shape index (κ3) is 3.85. The second-order valence-electron chi connectivity index (χ2n) is 4.43. The van der Waals surface area contributed by atoms with E-state index in [0.29, 0.717) is 12.1 Å². The maximum Gasteiger partial charge on any atom is 0.224 e. The first kappa shape index (κ1) is 13.6. The number of amides is 1. The molecule has 20 heavy (non-hydrogen) atoms. The van der Waals surface area contributed by atoms with Crippen molar-refractivity contribution in [3.8, 4) is 11.8 Å². The van der Waals surface area contributed by atoms with Crippen molar-refractivity contribution in [2.45, 2.75) is 13.0 Å². The van der Waals surface area contributed by atoms with Crippen molar-refractivity contribution in [3.63, 3.8) is 0 Å². The van der Waals surface area contributed by atoms with Gasteiger partial charge in [0.2, 0.25) is 5.91 Å². The maximum atomic E-state index is 11.8. The Balaban J connectivity index is 1.85. The van der Waals surface area contributed by atoms with E-state index in [1.54, 1.807) is 36.4 Å². The number of carbonyl (C=O) groups excluding carboxylic acids is 1. The molecule has 0 fully saturated rings. The Morgan fingerprint density at radius 2 is 1.65 bits per heavy atom. The minimum atomic E-state index is -0.0833. The number of nitrogens with one attached hydrogen (secondary N) is 1. The fourth-order valence-electron chi connectivity index (χ4n) is 1.76. The molecule has 0 aromatic heterocycles.